The van der Waals surface area contributed by atoms with Gasteiger partial charge in [-0.3, -0.25) is 0 Å². The summed E-state index contributed by atoms with van der Waals surface area (Å²) in [6.07, 6.45) is 0.312. The molecule has 14 heavy (non-hydrogen) atoms. The minimum absolute atomic E-state index is 0.403. The molecule has 1 N–H and O–H groups in total. The number of ether oxygens (including phenoxy) is 1. The summed E-state index contributed by atoms with van der Waals surface area (Å²) in [5.74, 6) is 0.825. The third-order valence-electron chi connectivity index (χ3n) is 2.03. The van der Waals surface area contributed by atoms with E-state index in [9.17, 15) is 5.11 Å². The van der Waals surface area contributed by atoms with Gasteiger partial charge in [-0.2, -0.15) is 0 Å². The van der Waals surface area contributed by atoms with Crippen LogP contribution in [0.3, 0.4) is 0 Å². The maximum Gasteiger partial charge on any atom is 0.120 e. The highest BCUT2D eigenvalue weighted by atomic mass is 79.9. The lowest BCUT2D eigenvalue weighted by atomic mass is 10.1. The van der Waals surface area contributed by atoms with Crippen LogP contribution in [-0.4, -0.2) is 11.7 Å². The molecule has 0 fully saturated rings. The summed E-state index contributed by atoms with van der Waals surface area (Å²) in [5.41, 5.74) is 0.913. The van der Waals surface area contributed by atoms with E-state index in [2.05, 4.69) is 15.9 Å². The first-order chi connectivity index (χ1) is 6.69. The van der Waals surface area contributed by atoms with Crippen LogP contribution in [0.1, 0.15) is 31.9 Å². The van der Waals surface area contributed by atoms with Crippen molar-refractivity contribution in [3.05, 3.63) is 28.2 Å². The molecule has 1 aromatic rings. The highest BCUT2D eigenvalue weighted by Crippen LogP contribution is 2.29. The molecule has 1 aromatic carbocycles. The van der Waals surface area contributed by atoms with Crippen molar-refractivity contribution in [1.29, 1.82) is 0 Å². The predicted octanol–water partition coefficient (Wildman–Crippen LogP) is 3.29. The maximum absolute atomic E-state index is 9.66. The first-order valence-electron chi connectivity index (χ1n) is 4.79. The SMILES string of the molecule is CCOc1ccc([C@H](O)CC)c(Br)c1. The van der Waals surface area contributed by atoms with Gasteiger partial charge in [0.25, 0.3) is 0 Å². The second-order valence-corrected chi connectivity index (χ2v) is 3.89. The largest absolute Gasteiger partial charge is 0.494 e. The Morgan fingerprint density at radius 3 is 2.64 bits per heavy atom. The van der Waals surface area contributed by atoms with Crippen molar-refractivity contribution in [3.63, 3.8) is 0 Å². The Morgan fingerprint density at radius 2 is 2.14 bits per heavy atom. The second-order valence-electron chi connectivity index (χ2n) is 3.04. The molecule has 0 aromatic heterocycles. The lowest BCUT2D eigenvalue weighted by Gasteiger charge is -2.11. The van der Waals surface area contributed by atoms with Gasteiger partial charge >= 0.3 is 0 Å². The van der Waals surface area contributed by atoms with E-state index in [0.29, 0.717) is 13.0 Å². The molecule has 0 unspecified atom stereocenters. The van der Waals surface area contributed by atoms with E-state index in [0.717, 1.165) is 15.8 Å². The summed E-state index contributed by atoms with van der Waals surface area (Å²) in [6, 6.07) is 5.66. The molecule has 0 aliphatic carbocycles. The molecular weight excluding hydrogens is 244 g/mol. The van der Waals surface area contributed by atoms with Crippen LogP contribution >= 0.6 is 15.9 Å². The fraction of sp³-hybridized carbons (Fsp3) is 0.455. The summed E-state index contributed by atoms with van der Waals surface area (Å²) in [4.78, 5) is 0. The van der Waals surface area contributed by atoms with E-state index in [1.807, 2.05) is 32.0 Å². The molecule has 1 atom stereocenters. The van der Waals surface area contributed by atoms with Crippen LogP contribution in [0.2, 0.25) is 0 Å². The van der Waals surface area contributed by atoms with Gasteiger partial charge in [0.2, 0.25) is 0 Å². The van der Waals surface area contributed by atoms with Crippen LogP contribution in [0.15, 0.2) is 22.7 Å². The molecule has 1 rings (SSSR count). The normalized spacial score (nSPS) is 12.6. The van der Waals surface area contributed by atoms with E-state index in [1.54, 1.807) is 0 Å². The van der Waals surface area contributed by atoms with Crippen molar-refractivity contribution in [2.75, 3.05) is 6.61 Å². The minimum Gasteiger partial charge on any atom is -0.494 e. The summed E-state index contributed by atoms with van der Waals surface area (Å²) in [7, 11) is 0. The van der Waals surface area contributed by atoms with Crippen molar-refractivity contribution < 1.29 is 9.84 Å². The van der Waals surface area contributed by atoms with Gasteiger partial charge in [-0.1, -0.05) is 28.9 Å². The molecule has 2 nitrogen and oxygen atoms in total. The average Bonchev–Trinajstić information content (AvgIpc) is 2.17. The average molecular weight is 259 g/mol. The van der Waals surface area contributed by atoms with E-state index >= 15 is 0 Å². The Kier molecular flexibility index (Phi) is 4.42. The van der Waals surface area contributed by atoms with Crippen LogP contribution < -0.4 is 4.74 Å². The van der Waals surface area contributed by atoms with E-state index in [-0.39, 0.29) is 0 Å². The third-order valence-corrected chi connectivity index (χ3v) is 2.72. The van der Waals surface area contributed by atoms with Gasteiger partial charge in [0.05, 0.1) is 12.7 Å². The third kappa shape index (κ3) is 2.72. The highest BCUT2D eigenvalue weighted by Gasteiger charge is 2.09. The number of aliphatic hydroxyl groups is 1. The Labute approximate surface area is 93.0 Å². The Balaban J connectivity index is 2.89. The molecular formula is C11H15BrO2. The molecule has 3 heteroatoms. The monoisotopic (exact) mass is 258 g/mol. The Hall–Kier alpha value is -0.540. The number of hydrogen-bond acceptors (Lipinski definition) is 2. The van der Waals surface area contributed by atoms with Crippen molar-refractivity contribution in [2.24, 2.45) is 0 Å². The molecule has 0 saturated carbocycles. The first-order valence-corrected chi connectivity index (χ1v) is 5.58. The fourth-order valence-corrected chi connectivity index (χ4v) is 1.88. The highest BCUT2D eigenvalue weighted by molar-refractivity contribution is 9.10. The van der Waals surface area contributed by atoms with Crippen molar-refractivity contribution >= 4 is 15.9 Å². The molecule has 0 aliphatic rings. The summed E-state index contributed by atoms with van der Waals surface area (Å²) >= 11 is 3.42. The number of rotatable bonds is 4. The van der Waals surface area contributed by atoms with Gasteiger partial charge in [0, 0.05) is 4.47 Å². The van der Waals surface area contributed by atoms with Crippen LogP contribution in [0.25, 0.3) is 0 Å². The van der Waals surface area contributed by atoms with E-state index < -0.39 is 6.10 Å². The second kappa shape index (κ2) is 5.37. The number of benzene rings is 1. The fourth-order valence-electron chi connectivity index (χ4n) is 1.25. The van der Waals surface area contributed by atoms with Crippen LogP contribution in [0, 0.1) is 0 Å². The zero-order chi connectivity index (χ0) is 10.6. The van der Waals surface area contributed by atoms with E-state index in [4.69, 9.17) is 4.74 Å². The topological polar surface area (TPSA) is 29.5 Å². The molecule has 0 radical (unpaired) electrons. The van der Waals surface area contributed by atoms with Crippen molar-refractivity contribution in [2.45, 2.75) is 26.4 Å². The lowest BCUT2D eigenvalue weighted by molar-refractivity contribution is 0.173. The molecule has 0 amide bonds. The quantitative estimate of drug-likeness (QED) is 0.899. The lowest BCUT2D eigenvalue weighted by Crippen LogP contribution is -1.97. The molecule has 78 valence electrons. The summed E-state index contributed by atoms with van der Waals surface area (Å²) < 4.78 is 6.24. The summed E-state index contributed by atoms with van der Waals surface area (Å²) in [6.45, 7) is 4.55. The van der Waals surface area contributed by atoms with Gasteiger partial charge in [0.1, 0.15) is 5.75 Å². The van der Waals surface area contributed by atoms with Crippen LogP contribution in [-0.2, 0) is 0 Å². The Bertz CT molecular complexity index is 299. The maximum atomic E-state index is 9.66. The number of halogens is 1. The summed E-state index contributed by atoms with van der Waals surface area (Å²) in [5, 5.41) is 9.66. The van der Waals surface area contributed by atoms with Crippen molar-refractivity contribution in [3.8, 4) is 5.75 Å². The van der Waals surface area contributed by atoms with Gasteiger partial charge in [-0.15, -0.1) is 0 Å². The van der Waals surface area contributed by atoms with Crippen LogP contribution in [0.5, 0.6) is 5.75 Å². The molecule has 0 spiro atoms. The predicted molar refractivity (Wildman–Crippen MR) is 60.6 cm³/mol. The molecule has 0 heterocycles. The minimum atomic E-state index is -0.403. The smallest absolute Gasteiger partial charge is 0.120 e. The van der Waals surface area contributed by atoms with Crippen LogP contribution in [0.4, 0.5) is 0 Å². The molecule has 0 saturated heterocycles. The number of aliphatic hydroxyl groups excluding tert-OH is 1. The van der Waals surface area contributed by atoms with E-state index in [1.165, 1.54) is 0 Å². The molecule has 0 bridgehead atoms. The Morgan fingerprint density at radius 1 is 1.43 bits per heavy atom. The van der Waals surface area contributed by atoms with Gasteiger partial charge in [-0.25, -0.2) is 0 Å². The van der Waals surface area contributed by atoms with Gasteiger partial charge < -0.3 is 9.84 Å². The van der Waals surface area contributed by atoms with Gasteiger partial charge in [-0.05, 0) is 31.0 Å². The first kappa shape index (κ1) is 11.5. The molecule has 0 aliphatic heterocycles. The van der Waals surface area contributed by atoms with Gasteiger partial charge in [0.15, 0.2) is 0 Å². The number of hydrogen-bond donors (Lipinski definition) is 1. The zero-order valence-electron chi connectivity index (χ0n) is 8.46. The van der Waals surface area contributed by atoms with Crippen molar-refractivity contribution in [1.82, 2.24) is 0 Å². The zero-order valence-corrected chi connectivity index (χ0v) is 10.0. The standard InChI is InChI=1S/C11H15BrO2/c1-3-11(13)9-6-5-8(14-4-2)7-10(9)12/h5-7,11,13H,3-4H2,1-2H3/t11-/m1/s1.